The molecule has 0 aliphatic carbocycles. The van der Waals surface area contributed by atoms with Crippen LogP contribution < -0.4 is 9.47 Å². The average molecular weight is 340 g/mol. The second-order valence-electron chi connectivity index (χ2n) is 5.35. The van der Waals surface area contributed by atoms with Crippen LogP contribution >= 0.6 is 0 Å². The Morgan fingerprint density at radius 1 is 1.08 bits per heavy atom. The first-order valence-electron chi connectivity index (χ1n) is 8.08. The van der Waals surface area contributed by atoms with Gasteiger partial charge in [-0.3, -0.25) is 4.79 Å². The zero-order valence-electron chi connectivity index (χ0n) is 14.3. The maximum Gasteiger partial charge on any atom is 0.326 e. The quantitative estimate of drug-likeness (QED) is 0.618. The van der Waals surface area contributed by atoms with Crippen LogP contribution in [0.25, 0.3) is 11.0 Å². The average Bonchev–Trinajstić information content (AvgIpc) is 2.98. The van der Waals surface area contributed by atoms with Crippen molar-refractivity contribution in [1.29, 1.82) is 0 Å². The number of nitrogens with zero attached hydrogens (tertiary/aromatic N) is 2. The molecule has 130 valence electrons. The van der Waals surface area contributed by atoms with Gasteiger partial charge in [-0.15, -0.1) is 0 Å². The van der Waals surface area contributed by atoms with Gasteiger partial charge in [0.05, 0.1) is 24.8 Å². The summed E-state index contributed by atoms with van der Waals surface area (Å²) in [6.45, 7) is 2.45. The highest BCUT2D eigenvalue weighted by Crippen LogP contribution is 2.27. The Kier molecular flexibility index (Phi) is 5.18. The predicted molar refractivity (Wildman–Crippen MR) is 93.7 cm³/mol. The first-order chi connectivity index (χ1) is 12.2. The summed E-state index contributed by atoms with van der Waals surface area (Å²) in [7, 11) is 1.60. The fourth-order valence-electron chi connectivity index (χ4n) is 2.63. The van der Waals surface area contributed by atoms with Crippen LogP contribution in [0.5, 0.6) is 11.5 Å². The van der Waals surface area contributed by atoms with Gasteiger partial charge in [0, 0.05) is 0 Å². The maximum absolute atomic E-state index is 11.9. The monoisotopic (exact) mass is 340 g/mol. The molecule has 0 aliphatic rings. The number of imidazole rings is 1. The minimum absolute atomic E-state index is 0.0962. The number of benzene rings is 2. The van der Waals surface area contributed by atoms with E-state index in [9.17, 15) is 4.79 Å². The number of para-hydroxylation sites is 4. The fraction of sp³-hybridized carbons (Fsp3) is 0.263. The van der Waals surface area contributed by atoms with Gasteiger partial charge in [-0.05, 0) is 31.2 Å². The van der Waals surface area contributed by atoms with Crippen LogP contribution in [0.2, 0.25) is 0 Å². The fourth-order valence-corrected chi connectivity index (χ4v) is 2.63. The van der Waals surface area contributed by atoms with Crippen LogP contribution in [0, 0.1) is 0 Å². The highest BCUT2D eigenvalue weighted by atomic mass is 16.5. The predicted octanol–water partition coefficient (Wildman–Crippen LogP) is 3.19. The molecule has 0 aliphatic heterocycles. The maximum atomic E-state index is 11.9. The van der Waals surface area contributed by atoms with E-state index in [0.717, 1.165) is 11.0 Å². The lowest BCUT2D eigenvalue weighted by atomic mass is 10.3. The van der Waals surface area contributed by atoms with E-state index in [-0.39, 0.29) is 19.1 Å². The van der Waals surface area contributed by atoms with Crippen molar-refractivity contribution in [3.05, 3.63) is 54.4 Å². The Morgan fingerprint density at radius 2 is 1.80 bits per heavy atom. The molecule has 0 atom stereocenters. The first kappa shape index (κ1) is 16.8. The van der Waals surface area contributed by atoms with Gasteiger partial charge in [-0.1, -0.05) is 24.3 Å². The normalized spacial score (nSPS) is 10.6. The van der Waals surface area contributed by atoms with E-state index in [1.807, 2.05) is 53.1 Å². The van der Waals surface area contributed by atoms with E-state index in [0.29, 0.717) is 23.9 Å². The SMILES string of the molecule is CCOC(=O)Cn1c(COc2ccccc2OC)nc2ccccc21. The zero-order valence-corrected chi connectivity index (χ0v) is 14.3. The number of carbonyl (C=O) groups is 1. The summed E-state index contributed by atoms with van der Waals surface area (Å²) in [5, 5.41) is 0. The number of hydrogen-bond acceptors (Lipinski definition) is 5. The van der Waals surface area contributed by atoms with Crippen molar-refractivity contribution >= 4 is 17.0 Å². The molecule has 0 N–H and O–H groups in total. The minimum Gasteiger partial charge on any atom is -0.493 e. The second-order valence-corrected chi connectivity index (χ2v) is 5.35. The number of aromatic nitrogens is 2. The molecule has 1 aromatic heterocycles. The number of rotatable bonds is 7. The van der Waals surface area contributed by atoms with Crippen molar-refractivity contribution in [3.63, 3.8) is 0 Å². The number of carbonyl (C=O) groups excluding carboxylic acids is 1. The molecule has 1 heterocycles. The number of esters is 1. The summed E-state index contributed by atoms with van der Waals surface area (Å²) in [6.07, 6.45) is 0. The van der Waals surface area contributed by atoms with Crippen molar-refractivity contribution < 1.29 is 19.0 Å². The molecule has 6 heteroatoms. The number of fused-ring (bicyclic) bond motifs is 1. The van der Waals surface area contributed by atoms with Crippen molar-refractivity contribution in [2.75, 3.05) is 13.7 Å². The molecule has 0 spiro atoms. The number of ether oxygens (including phenoxy) is 3. The minimum atomic E-state index is -0.302. The molecule has 0 fully saturated rings. The lowest BCUT2D eigenvalue weighted by Gasteiger charge is -2.12. The molecule has 0 unspecified atom stereocenters. The molecule has 0 amide bonds. The van der Waals surface area contributed by atoms with Crippen molar-refractivity contribution in [2.45, 2.75) is 20.1 Å². The van der Waals surface area contributed by atoms with Gasteiger partial charge in [-0.2, -0.15) is 0 Å². The standard InChI is InChI=1S/C19H20N2O4/c1-3-24-19(22)12-21-15-9-5-4-8-14(15)20-18(21)13-25-17-11-7-6-10-16(17)23-2/h4-11H,3,12-13H2,1-2H3. The van der Waals surface area contributed by atoms with Gasteiger partial charge in [-0.25, -0.2) is 4.98 Å². The molecular formula is C19H20N2O4. The van der Waals surface area contributed by atoms with E-state index in [1.54, 1.807) is 14.0 Å². The summed E-state index contributed by atoms with van der Waals surface area (Å²) < 4.78 is 18.1. The molecule has 3 aromatic rings. The molecule has 0 radical (unpaired) electrons. The number of methoxy groups -OCH3 is 1. The molecule has 3 rings (SSSR count). The van der Waals surface area contributed by atoms with E-state index < -0.39 is 0 Å². The molecular weight excluding hydrogens is 320 g/mol. The van der Waals surface area contributed by atoms with Crippen molar-refractivity contribution in [1.82, 2.24) is 9.55 Å². The molecule has 25 heavy (non-hydrogen) atoms. The van der Waals surface area contributed by atoms with E-state index >= 15 is 0 Å². The van der Waals surface area contributed by atoms with Gasteiger partial charge in [0.15, 0.2) is 11.5 Å². The molecule has 6 nitrogen and oxygen atoms in total. The summed E-state index contributed by atoms with van der Waals surface area (Å²) in [5.41, 5.74) is 1.68. The van der Waals surface area contributed by atoms with Crippen LogP contribution in [0.15, 0.2) is 48.5 Å². The lowest BCUT2D eigenvalue weighted by molar-refractivity contribution is -0.143. The summed E-state index contributed by atoms with van der Waals surface area (Å²) in [4.78, 5) is 16.5. The second kappa shape index (κ2) is 7.70. The van der Waals surface area contributed by atoms with E-state index in [1.165, 1.54) is 0 Å². The smallest absolute Gasteiger partial charge is 0.326 e. The summed E-state index contributed by atoms with van der Waals surface area (Å²) in [6, 6.07) is 15.1. The molecule has 2 aromatic carbocycles. The van der Waals surface area contributed by atoms with Gasteiger partial charge < -0.3 is 18.8 Å². The van der Waals surface area contributed by atoms with Crippen LogP contribution in [0.3, 0.4) is 0 Å². The number of hydrogen-bond donors (Lipinski definition) is 0. The van der Waals surface area contributed by atoms with Gasteiger partial charge in [0.1, 0.15) is 19.0 Å². The lowest BCUT2D eigenvalue weighted by Crippen LogP contribution is -2.16. The third kappa shape index (κ3) is 3.74. The third-order valence-electron chi connectivity index (χ3n) is 3.75. The van der Waals surface area contributed by atoms with E-state index in [2.05, 4.69) is 4.98 Å². The Balaban J connectivity index is 1.88. The summed E-state index contributed by atoms with van der Waals surface area (Å²) in [5.74, 6) is 1.62. The van der Waals surface area contributed by atoms with Gasteiger partial charge in [0.25, 0.3) is 0 Å². The highest BCUT2D eigenvalue weighted by Gasteiger charge is 2.15. The van der Waals surface area contributed by atoms with Crippen LogP contribution in [0.4, 0.5) is 0 Å². The first-order valence-corrected chi connectivity index (χ1v) is 8.08. The molecule has 0 saturated heterocycles. The Morgan fingerprint density at radius 3 is 2.56 bits per heavy atom. The van der Waals surface area contributed by atoms with Gasteiger partial charge >= 0.3 is 5.97 Å². The Labute approximate surface area is 146 Å². The van der Waals surface area contributed by atoms with Crippen LogP contribution in [-0.4, -0.2) is 29.2 Å². The Bertz CT molecular complexity index is 873. The Hall–Kier alpha value is -3.02. The van der Waals surface area contributed by atoms with Crippen molar-refractivity contribution in [2.24, 2.45) is 0 Å². The third-order valence-corrected chi connectivity index (χ3v) is 3.75. The van der Waals surface area contributed by atoms with Crippen molar-refractivity contribution in [3.8, 4) is 11.5 Å². The van der Waals surface area contributed by atoms with Crippen LogP contribution in [0.1, 0.15) is 12.7 Å². The zero-order chi connectivity index (χ0) is 17.6. The largest absolute Gasteiger partial charge is 0.493 e. The van der Waals surface area contributed by atoms with E-state index in [4.69, 9.17) is 14.2 Å². The van der Waals surface area contributed by atoms with Gasteiger partial charge in [0.2, 0.25) is 0 Å². The van der Waals surface area contributed by atoms with Crippen LogP contribution in [-0.2, 0) is 22.7 Å². The highest BCUT2D eigenvalue weighted by molar-refractivity contribution is 5.78. The molecule has 0 saturated carbocycles. The molecule has 0 bridgehead atoms. The topological polar surface area (TPSA) is 62.6 Å². The summed E-state index contributed by atoms with van der Waals surface area (Å²) >= 11 is 0.